The molecular formula is C17H23N3O. The topological polar surface area (TPSA) is 49.0 Å². The maximum Gasteiger partial charge on any atom is 0.254 e. The van der Waals surface area contributed by atoms with Gasteiger partial charge in [0.25, 0.3) is 5.91 Å². The van der Waals surface area contributed by atoms with Crippen molar-refractivity contribution in [3.05, 3.63) is 51.6 Å². The third-order valence-electron chi connectivity index (χ3n) is 4.50. The second kappa shape index (κ2) is 5.72. The molecule has 0 aliphatic heterocycles. The second-order valence-electron chi connectivity index (χ2n) is 5.70. The van der Waals surface area contributed by atoms with Crippen LogP contribution in [0.1, 0.15) is 44.0 Å². The maximum atomic E-state index is 12.8. The molecule has 1 N–H and O–H groups in total. The number of H-pyrrole nitrogens is 1. The van der Waals surface area contributed by atoms with Crippen LogP contribution in [0, 0.1) is 34.6 Å². The van der Waals surface area contributed by atoms with E-state index in [1.165, 1.54) is 16.7 Å². The standard InChI is InChI=1S/C17H23N3O/c1-10-11(2)13(4)16(14(5)12(10)3)17(21)20(6)9-15-18-7-8-19-15/h7-8H,9H2,1-6H3,(H,18,19). The van der Waals surface area contributed by atoms with E-state index < -0.39 is 0 Å². The number of nitrogens with zero attached hydrogens (tertiary/aromatic N) is 2. The highest BCUT2D eigenvalue weighted by molar-refractivity contribution is 5.97. The Kier molecular flexibility index (Phi) is 4.16. The van der Waals surface area contributed by atoms with E-state index >= 15 is 0 Å². The molecule has 0 saturated carbocycles. The highest BCUT2D eigenvalue weighted by Crippen LogP contribution is 2.27. The van der Waals surface area contributed by atoms with E-state index in [1.54, 1.807) is 17.3 Å². The molecule has 4 nitrogen and oxygen atoms in total. The summed E-state index contributed by atoms with van der Waals surface area (Å²) in [7, 11) is 1.81. The third kappa shape index (κ3) is 2.71. The molecule has 21 heavy (non-hydrogen) atoms. The molecule has 112 valence electrons. The fraction of sp³-hybridized carbons (Fsp3) is 0.412. The van der Waals surface area contributed by atoms with Gasteiger partial charge in [0.15, 0.2) is 0 Å². The lowest BCUT2D eigenvalue weighted by Gasteiger charge is -2.22. The van der Waals surface area contributed by atoms with Crippen LogP contribution < -0.4 is 0 Å². The minimum atomic E-state index is 0.0487. The lowest BCUT2D eigenvalue weighted by Crippen LogP contribution is -2.28. The monoisotopic (exact) mass is 285 g/mol. The van der Waals surface area contributed by atoms with Gasteiger partial charge in [-0.3, -0.25) is 4.79 Å². The van der Waals surface area contributed by atoms with Crippen LogP contribution in [0.15, 0.2) is 12.4 Å². The predicted octanol–water partition coefficient (Wildman–Crippen LogP) is 3.22. The van der Waals surface area contributed by atoms with Crippen molar-refractivity contribution >= 4 is 5.91 Å². The largest absolute Gasteiger partial charge is 0.347 e. The summed E-state index contributed by atoms with van der Waals surface area (Å²) in [6.07, 6.45) is 3.47. The number of imidazole rings is 1. The summed E-state index contributed by atoms with van der Waals surface area (Å²) in [5, 5.41) is 0. The van der Waals surface area contributed by atoms with Crippen LogP contribution in [-0.4, -0.2) is 27.8 Å². The number of aromatic amines is 1. The van der Waals surface area contributed by atoms with Gasteiger partial charge < -0.3 is 9.88 Å². The van der Waals surface area contributed by atoms with Crippen LogP contribution in [-0.2, 0) is 6.54 Å². The normalized spacial score (nSPS) is 10.8. The Bertz CT molecular complexity index is 643. The van der Waals surface area contributed by atoms with Gasteiger partial charge in [-0.05, 0) is 62.4 Å². The first kappa shape index (κ1) is 15.3. The van der Waals surface area contributed by atoms with E-state index in [0.29, 0.717) is 6.54 Å². The molecule has 0 aliphatic rings. The van der Waals surface area contributed by atoms with Crippen molar-refractivity contribution < 1.29 is 4.79 Å². The van der Waals surface area contributed by atoms with E-state index in [2.05, 4.69) is 30.7 Å². The van der Waals surface area contributed by atoms with E-state index in [9.17, 15) is 4.79 Å². The molecule has 2 rings (SSSR count). The molecule has 0 fully saturated rings. The maximum absolute atomic E-state index is 12.8. The average molecular weight is 285 g/mol. The molecular weight excluding hydrogens is 262 g/mol. The fourth-order valence-electron chi connectivity index (χ4n) is 2.69. The van der Waals surface area contributed by atoms with Crippen molar-refractivity contribution in [1.82, 2.24) is 14.9 Å². The lowest BCUT2D eigenvalue weighted by atomic mass is 9.89. The highest BCUT2D eigenvalue weighted by Gasteiger charge is 2.21. The fourth-order valence-corrected chi connectivity index (χ4v) is 2.69. The lowest BCUT2D eigenvalue weighted by molar-refractivity contribution is 0.0780. The summed E-state index contributed by atoms with van der Waals surface area (Å²) >= 11 is 0. The quantitative estimate of drug-likeness (QED) is 0.941. The number of nitrogens with one attached hydrogen (secondary N) is 1. The van der Waals surface area contributed by atoms with Gasteiger partial charge in [-0.1, -0.05) is 0 Å². The second-order valence-corrected chi connectivity index (χ2v) is 5.70. The molecule has 0 saturated heterocycles. The summed E-state index contributed by atoms with van der Waals surface area (Å²) in [5.74, 6) is 0.842. The van der Waals surface area contributed by atoms with Gasteiger partial charge in [-0.15, -0.1) is 0 Å². The molecule has 4 heteroatoms. The SMILES string of the molecule is Cc1c(C)c(C)c(C(=O)N(C)Cc2ncc[nH]2)c(C)c1C. The Labute approximate surface area is 126 Å². The van der Waals surface area contributed by atoms with Gasteiger partial charge in [0.05, 0.1) is 6.54 Å². The minimum absolute atomic E-state index is 0.0487. The predicted molar refractivity (Wildman–Crippen MR) is 84.5 cm³/mol. The number of carbonyl (C=O) groups is 1. The number of hydrogen-bond donors (Lipinski definition) is 1. The van der Waals surface area contributed by atoms with Crippen molar-refractivity contribution in [2.24, 2.45) is 0 Å². The smallest absolute Gasteiger partial charge is 0.254 e. The Morgan fingerprint density at radius 3 is 2.05 bits per heavy atom. The van der Waals surface area contributed by atoms with Gasteiger partial charge in [0.1, 0.15) is 5.82 Å². The number of benzene rings is 1. The van der Waals surface area contributed by atoms with E-state index in [1.807, 2.05) is 20.9 Å². The van der Waals surface area contributed by atoms with Gasteiger partial charge in [-0.25, -0.2) is 4.98 Å². The molecule has 0 atom stereocenters. The molecule has 0 bridgehead atoms. The van der Waals surface area contributed by atoms with Gasteiger partial charge >= 0.3 is 0 Å². The first-order chi connectivity index (χ1) is 9.84. The third-order valence-corrected chi connectivity index (χ3v) is 4.50. The van der Waals surface area contributed by atoms with E-state index in [-0.39, 0.29) is 5.91 Å². The van der Waals surface area contributed by atoms with Crippen LogP contribution in [0.2, 0.25) is 0 Å². The summed E-state index contributed by atoms with van der Waals surface area (Å²) in [5.41, 5.74) is 6.65. The van der Waals surface area contributed by atoms with Crippen molar-refractivity contribution in [3.63, 3.8) is 0 Å². The molecule has 0 spiro atoms. The Morgan fingerprint density at radius 2 is 1.57 bits per heavy atom. The zero-order chi connectivity index (χ0) is 15.7. The van der Waals surface area contributed by atoms with Gasteiger partial charge in [-0.2, -0.15) is 0 Å². The van der Waals surface area contributed by atoms with Gasteiger partial charge in [0, 0.05) is 25.0 Å². The van der Waals surface area contributed by atoms with Crippen LogP contribution in [0.5, 0.6) is 0 Å². The van der Waals surface area contributed by atoms with Crippen molar-refractivity contribution in [2.75, 3.05) is 7.05 Å². The molecule has 1 heterocycles. The Morgan fingerprint density at radius 1 is 1.05 bits per heavy atom. The Hall–Kier alpha value is -2.10. The van der Waals surface area contributed by atoms with Crippen molar-refractivity contribution in [1.29, 1.82) is 0 Å². The molecule has 0 unspecified atom stereocenters. The Balaban J connectivity index is 2.39. The molecule has 2 aromatic rings. The zero-order valence-electron chi connectivity index (χ0n) is 13.7. The first-order valence-electron chi connectivity index (χ1n) is 7.15. The van der Waals surface area contributed by atoms with Crippen molar-refractivity contribution in [2.45, 2.75) is 41.2 Å². The van der Waals surface area contributed by atoms with Crippen LogP contribution in [0.4, 0.5) is 0 Å². The highest BCUT2D eigenvalue weighted by atomic mass is 16.2. The number of aromatic nitrogens is 2. The summed E-state index contributed by atoms with van der Waals surface area (Å²) < 4.78 is 0. The van der Waals surface area contributed by atoms with Crippen LogP contribution >= 0.6 is 0 Å². The molecule has 1 aromatic carbocycles. The van der Waals surface area contributed by atoms with E-state index in [0.717, 1.165) is 22.5 Å². The summed E-state index contributed by atoms with van der Waals surface area (Å²) in [4.78, 5) is 21.7. The summed E-state index contributed by atoms with van der Waals surface area (Å²) in [6, 6.07) is 0. The first-order valence-corrected chi connectivity index (χ1v) is 7.15. The van der Waals surface area contributed by atoms with E-state index in [4.69, 9.17) is 0 Å². The van der Waals surface area contributed by atoms with Crippen LogP contribution in [0.3, 0.4) is 0 Å². The number of rotatable bonds is 3. The molecule has 0 radical (unpaired) electrons. The molecule has 1 amide bonds. The van der Waals surface area contributed by atoms with Crippen molar-refractivity contribution in [3.8, 4) is 0 Å². The van der Waals surface area contributed by atoms with Gasteiger partial charge in [0.2, 0.25) is 0 Å². The zero-order valence-corrected chi connectivity index (χ0v) is 13.7. The average Bonchev–Trinajstić information content (AvgIpc) is 2.96. The summed E-state index contributed by atoms with van der Waals surface area (Å²) in [6.45, 7) is 10.8. The van der Waals surface area contributed by atoms with Crippen LogP contribution in [0.25, 0.3) is 0 Å². The number of carbonyl (C=O) groups excluding carboxylic acids is 1. The number of hydrogen-bond acceptors (Lipinski definition) is 2. The minimum Gasteiger partial charge on any atom is -0.347 e. The molecule has 1 aromatic heterocycles. The number of amides is 1. The molecule has 0 aliphatic carbocycles.